The summed E-state index contributed by atoms with van der Waals surface area (Å²) in [5.41, 5.74) is 2.26. The predicted octanol–water partition coefficient (Wildman–Crippen LogP) is 4.42. The van der Waals surface area contributed by atoms with E-state index in [9.17, 15) is 19.7 Å². The van der Waals surface area contributed by atoms with Crippen LogP contribution < -0.4 is 0 Å². The Morgan fingerprint density at radius 1 is 0.939 bits per heavy atom. The lowest BCUT2D eigenvalue weighted by Crippen LogP contribution is -2.45. The van der Waals surface area contributed by atoms with Gasteiger partial charge in [-0.1, -0.05) is 91.0 Å². The fraction of sp³-hybridized carbons (Fsp3) is 0.231. The number of carbonyl (C=O) groups is 2. The van der Waals surface area contributed by atoms with Gasteiger partial charge in [0.1, 0.15) is 6.61 Å². The second-order valence-corrected chi connectivity index (χ2v) is 8.05. The maximum absolute atomic E-state index is 14.0. The Hall–Kier alpha value is -4.00. The van der Waals surface area contributed by atoms with E-state index in [4.69, 9.17) is 4.74 Å². The molecule has 1 saturated heterocycles. The molecule has 1 aliphatic heterocycles. The van der Waals surface area contributed by atoms with Crippen LogP contribution in [0.2, 0.25) is 0 Å². The number of nitro groups is 1. The molecule has 0 saturated carbocycles. The molecule has 0 bridgehead atoms. The van der Waals surface area contributed by atoms with Crippen LogP contribution in [0.4, 0.5) is 4.79 Å². The maximum atomic E-state index is 14.0. The number of cyclic esters (lactones) is 1. The van der Waals surface area contributed by atoms with E-state index in [1.165, 1.54) is 0 Å². The topological polar surface area (TPSA) is 89.8 Å². The van der Waals surface area contributed by atoms with Crippen molar-refractivity contribution < 1.29 is 19.2 Å². The molecule has 0 spiro atoms. The summed E-state index contributed by atoms with van der Waals surface area (Å²) in [6.07, 6.45) is -0.264. The van der Waals surface area contributed by atoms with E-state index >= 15 is 0 Å². The second-order valence-electron chi connectivity index (χ2n) is 8.05. The third-order valence-corrected chi connectivity index (χ3v) is 5.91. The minimum atomic E-state index is -0.914. The molecule has 1 fully saturated rings. The Labute approximate surface area is 191 Å². The van der Waals surface area contributed by atoms with Gasteiger partial charge in [-0.2, -0.15) is 0 Å². The van der Waals surface area contributed by atoms with Gasteiger partial charge in [-0.25, -0.2) is 9.69 Å². The van der Waals surface area contributed by atoms with E-state index in [2.05, 4.69) is 0 Å². The normalized spacial score (nSPS) is 17.3. The van der Waals surface area contributed by atoms with Crippen LogP contribution in [-0.2, 0) is 16.0 Å². The van der Waals surface area contributed by atoms with Crippen molar-refractivity contribution in [2.24, 2.45) is 0 Å². The highest BCUT2D eigenvalue weighted by Gasteiger charge is 2.45. The van der Waals surface area contributed by atoms with Crippen LogP contribution in [0.1, 0.15) is 28.5 Å². The average molecular weight is 444 g/mol. The Kier molecular flexibility index (Phi) is 6.78. The number of hydrogen-bond donors (Lipinski definition) is 0. The Bertz CT molecular complexity index is 1110. The molecule has 0 unspecified atom stereocenters. The van der Waals surface area contributed by atoms with Crippen molar-refractivity contribution in [3.05, 3.63) is 118 Å². The summed E-state index contributed by atoms with van der Waals surface area (Å²) in [4.78, 5) is 39.0. The van der Waals surface area contributed by atoms with E-state index in [-0.39, 0.29) is 6.61 Å². The van der Waals surface area contributed by atoms with Gasteiger partial charge >= 0.3 is 6.09 Å². The van der Waals surface area contributed by atoms with Crippen molar-refractivity contribution in [2.45, 2.75) is 24.3 Å². The molecule has 0 aliphatic carbocycles. The molecule has 0 radical (unpaired) electrons. The number of nitrogens with zero attached hydrogens (tertiary/aromatic N) is 2. The minimum Gasteiger partial charge on any atom is -0.447 e. The summed E-state index contributed by atoms with van der Waals surface area (Å²) in [5.74, 6) is -2.15. The number of carbonyl (C=O) groups excluding carboxylic acids is 2. The van der Waals surface area contributed by atoms with Gasteiger partial charge in [0.2, 0.25) is 12.5 Å². The van der Waals surface area contributed by atoms with E-state index in [1.54, 1.807) is 48.5 Å². The first-order valence-electron chi connectivity index (χ1n) is 10.8. The zero-order chi connectivity index (χ0) is 23.2. The molecular formula is C26H24N2O5. The summed E-state index contributed by atoms with van der Waals surface area (Å²) >= 11 is 0. The molecule has 7 heteroatoms. The fourth-order valence-corrected chi connectivity index (χ4v) is 4.39. The molecule has 0 N–H and O–H groups in total. The SMILES string of the molecule is O=C1OC[C@H](Cc2ccccc2)N1C(=O)[C@H](c1ccccc1)[C@@H](C[N+](=O)[O-])c1ccccc1. The molecule has 1 heterocycles. The van der Waals surface area contributed by atoms with Crippen LogP contribution in [0.15, 0.2) is 91.0 Å². The average Bonchev–Trinajstić information content (AvgIpc) is 3.20. The van der Waals surface area contributed by atoms with E-state index in [0.29, 0.717) is 17.5 Å². The third kappa shape index (κ3) is 5.09. The van der Waals surface area contributed by atoms with Crippen LogP contribution in [0.3, 0.4) is 0 Å². The van der Waals surface area contributed by atoms with Gasteiger partial charge in [0.05, 0.1) is 17.9 Å². The molecule has 4 rings (SSSR count). The number of amides is 2. The van der Waals surface area contributed by atoms with Crippen molar-refractivity contribution in [1.82, 2.24) is 4.90 Å². The van der Waals surface area contributed by atoms with Gasteiger partial charge < -0.3 is 4.74 Å². The lowest BCUT2D eigenvalue weighted by Gasteiger charge is -2.29. The number of benzene rings is 3. The van der Waals surface area contributed by atoms with Crippen molar-refractivity contribution in [3.63, 3.8) is 0 Å². The van der Waals surface area contributed by atoms with Crippen molar-refractivity contribution in [1.29, 1.82) is 0 Å². The Morgan fingerprint density at radius 3 is 2.06 bits per heavy atom. The second kappa shape index (κ2) is 10.1. The van der Waals surface area contributed by atoms with E-state index in [1.807, 2.05) is 42.5 Å². The van der Waals surface area contributed by atoms with Gasteiger partial charge in [-0.3, -0.25) is 14.9 Å². The first-order valence-corrected chi connectivity index (χ1v) is 10.8. The highest BCUT2D eigenvalue weighted by atomic mass is 16.6. The molecule has 2 amide bonds. The number of rotatable bonds is 8. The maximum Gasteiger partial charge on any atom is 0.417 e. The molecule has 168 valence electrons. The Morgan fingerprint density at radius 2 is 1.48 bits per heavy atom. The van der Waals surface area contributed by atoms with Crippen LogP contribution in [-0.4, -0.2) is 41.0 Å². The first kappa shape index (κ1) is 22.2. The number of imide groups is 1. The number of ether oxygens (including phenoxy) is 1. The Balaban J connectivity index is 1.74. The predicted molar refractivity (Wildman–Crippen MR) is 122 cm³/mol. The first-order chi connectivity index (χ1) is 16.0. The fourth-order valence-electron chi connectivity index (χ4n) is 4.39. The summed E-state index contributed by atoms with van der Waals surface area (Å²) < 4.78 is 5.26. The highest BCUT2D eigenvalue weighted by Crippen LogP contribution is 2.36. The molecule has 1 aliphatic rings. The smallest absolute Gasteiger partial charge is 0.417 e. The zero-order valence-electron chi connectivity index (χ0n) is 17.9. The van der Waals surface area contributed by atoms with Gasteiger partial charge in [-0.05, 0) is 23.1 Å². The van der Waals surface area contributed by atoms with Crippen LogP contribution >= 0.6 is 0 Å². The number of hydrogen-bond acceptors (Lipinski definition) is 5. The molecule has 0 aromatic heterocycles. The van der Waals surface area contributed by atoms with Crippen LogP contribution in [0, 0.1) is 10.1 Å². The van der Waals surface area contributed by atoms with Crippen molar-refractivity contribution in [2.75, 3.05) is 13.2 Å². The molecular weight excluding hydrogens is 420 g/mol. The monoisotopic (exact) mass is 444 g/mol. The molecule has 33 heavy (non-hydrogen) atoms. The largest absolute Gasteiger partial charge is 0.447 e. The van der Waals surface area contributed by atoms with Gasteiger partial charge in [0.15, 0.2) is 0 Å². The molecule has 3 aromatic carbocycles. The lowest BCUT2D eigenvalue weighted by molar-refractivity contribution is -0.483. The van der Waals surface area contributed by atoms with Crippen LogP contribution in [0.5, 0.6) is 0 Å². The van der Waals surface area contributed by atoms with Crippen LogP contribution in [0.25, 0.3) is 0 Å². The van der Waals surface area contributed by atoms with Crippen molar-refractivity contribution >= 4 is 12.0 Å². The van der Waals surface area contributed by atoms with E-state index < -0.39 is 41.3 Å². The summed E-state index contributed by atoms with van der Waals surface area (Å²) in [6.45, 7) is -0.353. The quantitative estimate of drug-likeness (QED) is 0.379. The van der Waals surface area contributed by atoms with Gasteiger partial charge in [-0.15, -0.1) is 0 Å². The van der Waals surface area contributed by atoms with Crippen molar-refractivity contribution in [3.8, 4) is 0 Å². The minimum absolute atomic E-state index is 0.0895. The standard InChI is InChI=1S/C26H24N2O5/c29-25(28-22(18-33-26(28)30)16-19-10-4-1-5-11-19)24(21-14-8-3-9-15-21)23(17-27(31)32)20-12-6-2-7-13-20/h1-15,22-24H,16-18H2/t22-,23-,24+/m0/s1. The highest BCUT2D eigenvalue weighted by molar-refractivity contribution is 5.97. The summed E-state index contributed by atoms with van der Waals surface area (Å²) in [7, 11) is 0. The zero-order valence-corrected chi connectivity index (χ0v) is 17.9. The summed E-state index contributed by atoms with van der Waals surface area (Å²) in [5, 5.41) is 11.6. The third-order valence-electron chi connectivity index (χ3n) is 5.91. The summed E-state index contributed by atoms with van der Waals surface area (Å²) in [6, 6.07) is 27.0. The van der Waals surface area contributed by atoms with Gasteiger partial charge in [0, 0.05) is 4.92 Å². The molecule has 7 nitrogen and oxygen atoms in total. The lowest BCUT2D eigenvalue weighted by atomic mass is 9.80. The molecule has 3 atom stereocenters. The van der Waals surface area contributed by atoms with E-state index in [0.717, 1.165) is 10.5 Å². The van der Waals surface area contributed by atoms with Gasteiger partial charge in [0.25, 0.3) is 0 Å². The molecule has 3 aromatic rings.